The van der Waals surface area contributed by atoms with Crippen LogP contribution in [0.3, 0.4) is 0 Å². The van der Waals surface area contributed by atoms with Crippen molar-refractivity contribution in [2.75, 3.05) is 47.3 Å². The quantitative estimate of drug-likeness (QED) is 0.404. The molecule has 6 nitrogen and oxygen atoms in total. The highest BCUT2D eigenvalue weighted by Gasteiger charge is 2.28. The first kappa shape index (κ1) is 19.3. The third-order valence-corrected chi connectivity index (χ3v) is 2.90. The highest BCUT2D eigenvalue weighted by atomic mass is 16.5. The maximum absolute atomic E-state index is 11.3. The third-order valence-electron chi connectivity index (χ3n) is 2.90. The lowest BCUT2D eigenvalue weighted by Crippen LogP contribution is -2.45. The van der Waals surface area contributed by atoms with Gasteiger partial charge in [0.2, 0.25) is 0 Å². The summed E-state index contributed by atoms with van der Waals surface area (Å²) in [5.74, 6) is -0.369. The lowest BCUT2D eigenvalue weighted by atomic mass is 9.96. The van der Waals surface area contributed by atoms with E-state index in [4.69, 9.17) is 19.9 Å². The lowest BCUT2D eigenvalue weighted by molar-refractivity contribution is -0.146. The molecule has 0 bridgehead atoms. The van der Waals surface area contributed by atoms with Crippen molar-refractivity contribution in [1.29, 1.82) is 0 Å². The van der Waals surface area contributed by atoms with Gasteiger partial charge in [0.05, 0.1) is 20.3 Å². The second-order valence-corrected chi connectivity index (χ2v) is 4.94. The zero-order valence-corrected chi connectivity index (χ0v) is 13.0. The van der Waals surface area contributed by atoms with E-state index in [9.17, 15) is 4.79 Å². The van der Waals surface area contributed by atoms with Crippen LogP contribution in [0.25, 0.3) is 0 Å². The molecule has 1 atom stereocenters. The van der Waals surface area contributed by atoms with Crippen LogP contribution in [0.5, 0.6) is 0 Å². The van der Waals surface area contributed by atoms with Gasteiger partial charge in [-0.3, -0.25) is 4.79 Å². The van der Waals surface area contributed by atoms with Gasteiger partial charge in [-0.2, -0.15) is 0 Å². The molecule has 0 spiro atoms. The van der Waals surface area contributed by atoms with E-state index in [1.54, 1.807) is 14.0 Å². The number of esters is 1. The number of methoxy groups -OCH3 is 2. The Labute approximate surface area is 121 Å². The highest BCUT2D eigenvalue weighted by molar-refractivity contribution is 5.79. The average molecular weight is 291 g/mol. The van der Waals surface area contributed by atoms with E-state index in [0.717, 1.165) is 19.3 Å². The van der Waals surface area contributed by atoms with E-state index >= 15 is 0 Å². The Morgan fingerprint density at radius 2 is 1.55 bits per heavy atom. The van der Waals surface area contributed by atoms with Gasteiger partial charge >= 0.3 is 5.97 Å². The van der Waals surface area contributed by atoms with E-state index < -0.39 is 5.54 Å². The monoisotopic (exact) mass is 291 g/mol. The minimum absolute atomic E-state index is 0.369. The number of unbranched alkanes of at least 4 members (excludes halogenated alkanes) is 1. The van der Waals surface area contributed by atoms with Crippen LogP contribution < -0.4 is 5.73 Å². The summed E-state index contributed by atoms with van der Waals surface area (Å²) < 4.78 is 20.3. The molecule has 0 aliphatic rings. The lowest BCUT2D eigenvalue weighted by Gasteiger charge is -2.20. The predicted molar refractivity (Wildman–Crippen MR) is 76.6 cm³/mol. The van der Waals surface area contributed by atoms with Crippen LogP contribution in [0.1, 0.15) is 32.6 Å². The molecule has 0 saturated heterocycles. The van der Waals surface area contributed by atoms with Gasteiger partial charge in [0.1, 0.15) is 5.54 Å². The zero-order chi connectivity index (χ0) is 15.3. The summed E-state index contributed by atoms with van der Waals surface area (Å²) in [6.45, 7) is 4.99. The first-order valence-electron chi connectivity index (χ1n) is 7.06. The van der Waals surface area contributed by atoms with Gasteiger partial charge in [0.15, 0.2) is 0 Å². The van der Waals surface area contributed by atoms with Gasteiger partial charge in [-0.25, -0.2) is 0 Å². The fourth-order valence-corrected chi connectivity index (χ4v) is 1.64. The van der Waals surface area contributed by atoms with Crippen LogP contribution in [0.15, 0.2) is 0 Å². The summed E-state index contributed by atoms with van der Waals surface area (Å²) in [4.78, 5) is 11.3. The van der Waals surface area contributed by atoms with Gasteiger partial charge in [0.25, 0.3) is 0 Å². The summed E-state index contributed by atoms with van der Waals surface area (Å²) in [5.41, 5.74) is 4.95. The molecule has 0 aromatic rings. The molecule has 0 saturated carbocycles. The number of hydrogen-bond donors (Lipinski definition) is 1. The molecular weight excluding hydrogens is 262 g/mol. The largest absolute Gasteiger partial charge is 0.468 e. The van der Waals surface area contributed by atoms with E-state index in [2.05, 4.69) is 4.74 Å². The number of carbonyl (C=O) groups is 1. The van der Waals surface area contributed by atoms with Crippen molar-refractivity contribution in [2.45, 2.75) is 38.1 Å². The minimum atomic E-state index is -0.899. The standard InChI is InChI=1S/C14H29NO5/c1-14(15,13(16)18-3)7-4-5-8-19-9-6-10-20-12-11-17-2/h4-12,15H2,1-3H3. The molecule has 0 amide bonds. The second kappa shape index (κ2) is 12.1. The van der Waals surface area contributed by atoms with Crippen molar-refractivity contribution in [2.24, 2.45) is 5.73 Å². The number of carbonyl (C=O) groups excluding carboxylic acids is 1. The molecule has 0 rings (SSSR count). The average Bonchev–Trinajstić information content (AvgIpc) is 2.43. The molecule has 0 aliphatic carbocycles. The van der Waals surface area contributed by atoms with Crippen molar-refractivity contribution in [3.8, 4) is 0 Å². The van der Waals surface area contributed by atoms with Crippen LogP contribution in [0.4, 0.5) is 0 Å². The Bertz CT molecular complexity index is 246. The Morgan fingerprint density at radius 1 is 0.950 bits per heavy atom. The van der Waals surface area contributed by atoms with Crippen molar-refractivity contribution in [3.63, 3.8) is 0 Å². The fraction of sp³-hybridized carbons (Fsp3) is 0.929. The van der Waals surface area contributed by atoms with Crippen LogP contribution in [0.2, 0.25) is 0 Å². The SMILES string of the molecule is COCCOCCCOCCCCC(C)(N)C(=O)OC. The second-order valence-electron chi connectivity index (χ2n) is 4.94. The molecule has 0 fully saturated rings. The topological polar surface area (TPSA) is 80.0 Å². The molecule has 0 aromatic heterocycles. The molecule has 120 valence electrons. The number of hydrogen-bond acceptors (Lipinski definition) is 6. The molecule has 0 aromatic carbocycles. The maximum Gasteiger partial charge on any atom is 0.325 e. The third kappa shape index (κ3) is 10.1. The predicted octanol–water partition coefficient (Wildman–Crippen LogP) is 1.12. The molecule has 20 heavy (non-hydrogen) atoms. The zero-order valence-electron chi connectivity index (χ0n) is 13.0. The van der Waals surface area contributed by atoms with Crippen LogP contribution in [-0.4, -0.2) is 58.8 Å². The smallest absolute Gasteiger partial charge is 0.325 e. The Kier molecular flexibility index (Phi) is 11.7. The molecule has 1 unspecified atom stereocenters. The summed E-state index contributed by atoms with van der Waals surface area (Å²) in [5, 5.41) is 0. The van der Waals surface area contributed by atoms with E-state index in [-0.39, 0.29) is 5.97 Å². The van der Waals surface area contributed by atoms with Gasteiger partial charge in [0, 0.05) is 26.9 Å². The Morgan fingerprint density at radius 3 is 2.15 bits per heavy atom. The number of ether oxygens (including phenoxy) is 4. The number of nitrogens with two attached hydrogens (primary N) is 1. The Balaban J connectivity index is 3.30. The molecule has 0 aliphatic heterocycles. The van der Waals surface area contributed by atoms with Gasteiger partial charge < -0.3 is 24.7 Å². The van der Waals surface area contributed by atoms with Crippen LogP contribution in [0, 0.1) is 0 Å². The van der Waals surface area contributed by atoms with Crippen molar-refractivity contribution >= 4 is 5.97 Å². The van der Waals surface area contributed by atoms with E-state index in [1.165, 1.54) is 7.11 Å². The van der Waals surface area contributed by atoms with Crippen molar-refractivity contribution in [1.82, 2.24) is 0 Å². The fourth-order valence-electron chi connectivity index (χ4n) is 1.64. The van der Waals surface area contributed by atoms with Crippen LogP contribution in [-0.2, 0) is 23.7 Å². The highest BCUT2D eigenvalue weighted by Crippen LogP contribution is 2.12. The first-order chi connectivity index (χ1) is 9.54. The maximum atomic E-state index is 11.3. The van der Waals surface area contributed by atoms with E-state index in [1.807, 2.05) is 0 Å². The molecular formula is C14H29NO5. The summed E-state index contributed by atoms with van der Waals surface area (Å²) in [6.07, 6.45) is 3.20. The Hall–Kier alpha value is -0.690. The van der Waals surface area contributed by atoms with E-state index in [0.29, 0.717) is 39.5 Å². The summed E-state index contributed by atoms with van der Waals surface area (Å²) in [7, 11) is 3.00. The van der Waals surface area contributed by atoms with Crippen LogP contribution >= 0.6 is 0 Å². The van der Waals surface area contributed by atoms with Gasteiger partial charge in [-0.05, 0) is 32.6 Å². The summed E-state index contributed by atoms with van der Waals surface area (Å²) >= 11 is 0. The number of rotatable bonds is 13. The first-order valence-corrected chi connectivity index (χ1v) is 7.06. The van der Waals surface area contributed by atoms with Gasteiger partial charge in [-0.15, -0.1) is 0 Å². The summed E-state index contributed by atoms with van der Waals surface area (Å²) in [6, 6.07) is 0. The van der Waals surface area contributed by atoms with Crippen molar-refractivity contribution < 1.29 is 23.7 Å². The molecule has 6 heteroatoms. The minimum Gasteiger partial charge on any atom is -0.468 e. The molecule has 0 radical (unpaired) electrons. The normalized spacial score (nSPS) is 14.0. The van der Waals surface area contributed by atoms with Crippen molar-refractivity contribution in [3.05, 3.63) is 0 Å². The van der Waals surface area contributed by atoms with Gasteiger partial charge in [-0.1, -0.05) is 0 Å². The molecule has 0 heterocycles. The molecule has 2 N–H and O–H groups in total.